The first kappa shape index (κ1) is 16.2. The predicted molar refractivity (Wildman–Crippen MR) is 78.6 cm³/mol. The average molecular weight is 277 g/mol. The van der Waals surface area contributed by atoms with E-state index in [0.717, 1.165) is 12.8 Å². The molecule has 0 aliphatic heterocycles. The second-order valence-electron chi connectivity index (χ2n) is 5.18. The molecule has 0 spiro atoms. The van der Waals surface area contributed by atoms with E-state index in [1.807, 2.05) is 44.2 Å². The summed E-state index contributed by atoms with van der Waals surface area (Å²) in [5.74, 6) is 0.133. The van der Waals surface area contributed by atoms with Gasteiger partial charge in [0.25, 0.3) is 0 Å². The van der Waals surface area contributed by atoms with Crippen LogP contribution in [0.5, 0.6) is 0 Å². The molecular weight excluding hydrogens is 254 g/mol. The van der Waals surface area contributed by atoms with E-state index in [1.54, 1.807) is 0 Å². The Morgan fingerprint density at radius 3 is 2.40 bits per heavy atom. The second-order valence-corrected chi connectivity index (χ2v) is 5.18. The third-order valence-electron chi connectivity index (χ3n) is 3.22. The van der Waals surface area contributed by atoms with Crippen LogP contribution in [0, 0.1) is 5.92 Å². The van der Waals surface area contributed by atoms with E-state index < -0.39 is 6.09 Å². The standard InChI is InChI=1S/C16H23NO3/c1-12(2)15(18)11-14(17-16(19)20-3)10-9-13-7-5-4-6-8-13/h4-8,12,14H,9-11H2,1-3H3,(H,17,19)/t14-/m0/s1. The molecule has 0 aliphatic carbocycles. The van der Waals surface area contributed by atoms with Crippen LogP contribution >= 0.6 is 0 Å². The summed E-state index contributed by atoms with van der Waals surface area (Å²) in [6, 6.07) is 9.83. The molecule has 0 radical (unpaired) electrons. The van der Waals surface area contributed by atoms with Gasteiger partial charge in [0, 0.05) is 18.4 Å². The summed E-state index contributed by atoms with van der Waals surface area (Å²) in [4.78, 5) is 23.2. The molecule has 0 saturated heterocycles. The van der Waals surface area contributed by atoms with Gasteiger partial charge in [-0.2, -0.15) is 0 Å². The summed E-state index contributed by atoms with van der Waals surface area (Å²) >= 11 is 0. The molecule has 0 bridgehead atoms. The summed E-state index contributed by atoms with van der Waals surface area (Å²) in [5, 5.41) is 2.74. The number of aryl methyl sites for hydroxylation is 1. The van der Waals surface area contributed by atoms with Crippen LogP contribution in [0.1, 0.15) is 32.3 Å². The molecule has 110 valence electrons. The van der Waals surface area contributed by atoms with Gasteiger partial charge in [-0.3, -0.25) is 4.79 Å². The molecule has 1 N–H and O–H groups in total. The lowest BCUT2D eigenvalue weighted by atomic mass is 9.97. The van der Waals surface area contributed by atoms with Crippen molar-refractivity contribution in [1.29, 1.82) is 0 Å². The monoisotopic (exact) mass is 277 g/mol. The van der Waals surface area contributed by atoms with Crippen LogP contribution in [0.2, 0.25) is 0 Å². The Morgan fingerprint density at radius 1 is 1.20 bits per heavy atom. The van der Waals surface area contributed by atoms with Gasteiger partial charge in [0.05, 0.1) is 7.11 Å². The van der Waals surface area contributed by atoms with Crippen molar-refractivity contribution in [3.8, 4) is 0 Å². The summed E-state index contributed by atoms with van der Waals surface area (Å²) in [5.41, 5.74) is 1.20. The average Bonchev–Trinajstić information content (AvgIpc) is 2.45. The summed E-state index contributed by atoms with van der Waals surface area (Å²) in [6.07, 6.45) is 1.40. The van der Waals surface area contributed by atoms with Gasteiger partial charge in [-0.1, -0.05) is 44.2 Å². The third kappa shape index (κ3) is 5.87. The minimum absolute atomic E-state index is 0.0197. The number of methoxy groups -OCH3 is 1. The van der Waals surface area contributed by atoms with Gasteiger partial charge in [0.15, 0.2) is 0 Å². The fourth-order valence-electron chi connectivity index (χ4n) is 1.91. The number of hydrogen-bond donors (Lipinski definition) is 1. The number of ether oxygens (including phenoxy) is 1. The van der Waals surface area contributed by atoms with E-state index >= 15 is 0 Å². The quantitative estimate of drug-likeness (QED) is 0.833. The van der Waals surface area contributed by atoms with E-state index in [1.165, 1.54) is 12.7 Å². The van der Waals surface area contributed by atoms with Gasteiger partial charge in [0.1, 0.15) is 5.78 Å². The van der Waals surface area contributed by atoms with Crippen molar-refractivity contribution in [2.45, 2.75) is 39.2 Å². The van der Waals surface area contributed by atoms with Gasteiger partial charge < -0.3 is 10.1 Å². The molecule has 0 heterocycles. The number of alkyl carbamates (subject to hydrolysis) is 1. The molecule has 1 aromatic carbocycles. The van der Waals surface area contributed by atoms with Crippen molar-refractivity contribution >= 4 is 11.9 Å². The van der Waals surface area contributed by atoms with Crippen LogP contribution in [0.25, 0.3) is 0 Å². The first-order valence-electron chi connectivity index (χ1n) is 6.94. The lowest BCUT2D eigenvalue weighted by Crippen LogP contribution is -2.37. The molecule has 1 amide bonds. The number of hydrogen-bond acceptors (Lipinski definition) is 3. The molecule has 0 aromatic heterocycles. The summed E-state index contributed by atoms with van der Waals surface area (Å²) in [7, 11) is 1.33. The third-order valence-corrected chi connectivity index (χ3v) is 3.22. The number of nitrogens with one attached hydrogen (secondary N) is 1. The Morgan fingerprint density at radius 2 is 1.85 bits per heavy atom. The number of benzene rings is 1. The van der Waals surface area contributed by atoms with Crippen LogP contribution in [-0.2, 0) is 16.0 Å². The zero-order valence-electron chi connectivity index (χ0n) is 12.4. The van der Waals surface area contributed by atoms with Crippen molar-refractivity contribution in [2.75, 3.05) is 7.11 Å². The lowest BCUT2D eigenvalue weighted by Gasteiger charge is -2.18. The maximum absolute atomic E-state index is 11.8. The molecule has 4 heteroatoms. The molecule has 4 nitrogen and oxygen atoms in total. The Hall–Kier alpha value is -1.84. The van der Waals surface area contributed by atoms with E-state index in [-0.39, 0.29) is 17.7 Å². The van der Waals surface area contributed by atoms with Gasteiger partial charge >= 0.3 is 6.09 Å². The number of ketones is 1. The molecule has 1 rings (SSSR count). The van der Waals surface area contributed by atoms with Crippen molar-refractivity contribution in [2.24, 2.45) is 5.92 Å². The zero-order chi connectivity index (χ0) is 15.0. The largest absolute Gasteiger partial charge is 0.453 e. The number of carbonyl (C=O) groups excluding carboxylic acids is 2. The van der Waals surface area contributed by atoms with Gasteiger partial charge in [-0.05, 0) is 18.4 Å². The fraction of sp³-hybridized carbons (Fsp3) is 0.500. The Bertz CT molecular complexity index is 429. The first-order valence-corrected chi connectivity index (χ1v) is 6.94. The second kappa shape index (κ2) is 8.35. The number of rotatable bonds is 7. The molecule has 0 saturated carbocycles. The number of carbonyl (C=O) groups is 2. The van der Waals surface area contributed by atoms with E-state index in [4.69, 9.17) is 0 Å². The Balaban J connectivity index is 2.57. The van der Waals surface area contributed by atoms with Crippen molar-refractivity contribution < 1.29 is 14.3 Å². The fourth-order valence-corrected chi connectivity index (χ4v) is 1.91. The predicted octanol–water partition coefficient (Wildman–Crippen LogP) is 2.96. The first-order chi connectivity index (χ1) is 9.52. The Kier molecular flexibility index (Phi) is 6.77. The van der Waals surface area contributed by atoms with E-state index in [9.17, 15) is 9.59 Å². The van der Waals surface area contributed by atoms with E-state index in [2.05, 4.69) is 10.1 Å². The highest BCUT2D eigenvalue weighted by Gasteiger charge is 2.18. The molecular formula is C16H23NO3. The van der Waals surface area contributed by atoms with Crippen molar-refractivity contribution in [1.82, 2.24) is 5.32 Å². The highest BCUT2D eigenvalue weighted by atomic mass is 16.5. The SMILES string of the molecule is COC(=O)N[C@@H](CCc1ccccc1)CC(=O)C(C)C. The van der Waals surface area contributed by atoms with Crippen LogP contribution in [-0.4, -0.2) is 25.0 Å². The maximum Gasteiger partial charge on any atom is 0.407 e. The molecule has 1 aromatic rings. The molecule has 1 atom stereocenters. The molecule has 0 unspecified atom stereocenters. The molecule has 0 aliphatic rings. The molecule has 20 heavy (non-hydrogen) atoms. The minimum Gasteiger partial charge on any atom is -0.453 e. The minimum atomic E-state index is -0.486. The molecule has 0 fully saturated rings. The summed E-state index contributed by atoms with van der Waals surface area (Å²) in [6.45, 7) is 3.74. The van der Waals surface area contributed by atoms with Crippen LogP contribution in [0.4, 0.5) is 4.79 Å². The van der Waals surface area contributed by atoms with Gasteiger partial charge in [0.2, 0.25) is 0 Å². The maximum atomic E-state index is 11.8. The van der Waals surface area contributed by atoms with Gasteiger partial charge in [-0.15, -0.1) is 0 Å². The van der Waals surface area contributed by atoms with Gasteiger partial charge in [-0.25, -0.2) is 4.79 Å². The Labute approximate surface area is 120 Å². The van der Waals surface area contributed by atoms with Crippen molar-refractivity contribution in [3.63, 3.8) is 0 Å². The van der Waals surface area contributed by atoms with Crippen LogP contribution < -0.4 is 5.32 Å². The van der Waals surface area contributed by atoms with Crippen LogP contribution in [0.3, 0.4) is 0 Å². The summed E-state index contributed by atoms with van der Waals surface area (Å²) < 4.78 is 4.61. The van der Waals surface area contributed by atoms with Crippen LogP contribution in [0.15, 0.2) is 30.3 Å². The lowest BCUT2D eigenvalue weighted by molar-refractivity contribution is -0.122. The van der Waals surface area contributed by atoms with Crippen molar-refractivity contribution in [3.05, 3.63) is 35.9 Å². The highest BCUT2D eigenvalue weighted by Crippen LogP contribution is 2.10. The number of Topliss-reactive ketones (excluding diaryl/α,β-unsaturated/α-hetero) is 1. The number of amides is 1. The highest BCUT2D eigenvalue weighted by molar-refractivity contribution is 5.81. The van der Waals surface area contributed by atoms with E-state index in [0.29, 0.717) is 6.42 Å². The topological polar surface area (TPSA) is 55.4 Å². The smallest absolute Gasteiger partial charge is 0.407 e. The zero-order valence-corrected chi connectivity index (χ0v) is 12.4. The normalized spacial score (nSPS) is 12.0.